The molecule has 2 aromatic carbocycles. The summed E-state index contributed by atoms with van der Waals surface area (Å²) in [4.78, 5) is 1.53. The predicted molar refractivity (Wildman–Crippen MR) is 100 cm³/mol. The molecule has 2 aliphatic rings. The van der Waals surface area contributed by atoms with Crippen molar-refractivity contribution in [2.75, 3.05) is 0 Å². The lowest BCUT2D eigenvalue weighted by Gasteiger charge is -2.10. The maximum atomic E-state index is 2.47. The molecule has 0 fully saturated rings. The highest BCUT2D eigenvalue weighted by molar-refractivity contribution is 6.47. The number of hydrogen-bond donors (Lipinski definition) is 0. The van der Waals surface area contributed by atoms with E-state index in [-0.39, 0.29) is 0 Å². The lowest BCUT2D eigenvalue weighted by molar-refractivity contribution is 1.19. The Kier molecular flexibility index (Phi) is 3.35. The van der Waals surface area contributed by atoms with Gasteiger partial charge in [0.1, 0.15) is 0 Å². The van der Waals surface area contributed by atoms with Gasteiger partial charge in [-0.1, -0.05) is 67.2 Å². The molecular formula is C22H22Si. The van der Waals surface area contributed by atoms with E-state index in [2.05, 4.69) is 75.5 Å². The largest absolute Gasteiger partial charge is 0.0686 e. The molecule has 0 saturated carbocycles. The van der Waals surface area contributed by atoms with Crippen molar-refractivity contribution in [3.05, 3.63) is 91.3 Å². The number of fused-ring (bicyclic) bond motifs is 2. The van der Waals surface area contributed by atoms with Crippen LogP contribution in [0.25, 0.3) is 5.57 Å². The monoisotopic (exact) mass is 314 g/mol. The molecule has 0 aromatic heterocycles. The zero-order valence-electron chi connectivity index (χ0n) is 14.3. The highest BCUT2D eigenvalue weighted by Gasteiger charge is 2.20. The molecule has 0 amide bonds. The fourth-order valence-corrected chi connectivity index (χ4v) is 4.76. The van der Waals surface area contributed by atoms with Gasteiger partial charge in [0.05, 0.1) is 0 Å². The van der Waals surface area contributed by atoms with Crippen LogP contribution in [0.15, 0.2) is 65.3 Å². The summed E-state index contributed by atoms with van der Waals surface area (Å²) in [7, 11) is -0.432. The minimum atomic E-state index is -0.432. The summed E-state index contributed by atoms with van der Waals surface area (Å²) >= 11 is 0. The third-order valence-electron chi connectivity index (χ3n) is 5.05. The third kappa shape index (κ3) is 2.22. The van der Waals surface area contributed by atoms with E-state index in [0.717, 1.165) is 6.42 Å². The first-order chi connectivity index (χ1) is 11.1. The molecule has 0 heterocycles. The van der Waals surface area contributed by atoms with Crippen molar-refractivity contribution >= 4 is 14.0 Å². The number of allylic oxidation sites excluding steroid dienone is 4. The Morgan fingerprint density at radius 2 is 1.61 bits per heavy atom. The van der Waals surface area contributed by atoms with Gasteiger partial charge in [0.15, 0.2) is 0 Å². The van der Waals surface area contributed by atoms with Crippen LogP contribution in [0, 0.1) is 15.3 Å². The molecule has 0 bridgehead atoms. The van der Waals surface area contributed by atoms with Gasteiger partial charge < -0.3 is 0 Å². The van der Waals surface area contributed by atoms with Crippen LogP contribution in [0.2, 0.25) is 13.1 Å². The summed E-state index contributed by atoms with van der Waals surface area (Å²) in [6.07, 6.45) is 3.44. The molecule has 23 heavy (non-hydrogen) atoms. The molecule has 2 aromatic rings. The normalized spacial score (nSPS) is 15.7. The Morgan fingerprint density at radius 1 is 0.870 bits per heavy atom. The first-order valence-electron chi connectivity index (χ1n) is 8.35. The molecule has 0 nitrogen and oxygen atoms in total. The van der Waals surface area contributed by atoms with E-state index in [9.17, 15) is 0 Å². The van der Waals surface area contributed by atoms with Crippen LogP contribution in [-0.4, -0.2) is 8.41 Å². The molecular weight excluding hydrogens is 292 g/mol. The molecule has 0 N–H and O–H groups in total. The van der Waals surface area contributed by atoms with Crippen LogP contribution in [0.1, 0.15) is 25.8 Å². The molecule has 0 aliphatic heterocycles. The van der Waals surface area contributed by atoms with Crippen molar-refractivity contribution in [1.29, 1.82) is 0 Å². The summed E-state index contributed by atoms with van der Waals surface area (Å²) < 4.78 is 0. The zero-order chi connectivity index (χ0) is 16.1. The van der Waals surface area contributed by atoms with E-state index in [0.29, 0.717) is 0 Å². The Morgan fingerprint density at radius 3 is 2.26 bits per heavy atom. The topological polar surface area (TPSA) is 0 Å². The minimum absolute atomic E-state index is 0.432. The molecule has 0 radical (unpaired) electrons. The predicted octanol–water partition coefficient (Wildman–Crippen LogP) is 4.74. The third-order valence-corrected chi connectivity index (χ3v) is 6.51. The van der Waals surface area contributed by atoms with E-state index >= 15 is 0 Å². The lowest BCUT2D eigenvalue weighted by atomic mass is 9.94. The van der Waals surface area contributed by atoms with Crippen molar-refractivity contribution in [2.24, 2.45) is 0 Å². The van der Waals surface area contributed by atoms with Crippen LogP contribution < -0.4 is 5.22 Å². The minimum Gasteiger partial charge on any atom is -0.0686 e. The highest BCUT2D eigenvalue weighted by atomic mass is 28.2. The van der Waals surface area contributed by atoms with Gasteiger partial charge in [-0.25, -0.2) is 0 Å². The quantitative estimate of drug-likeness (QED) is 0.667. The molecule has 0 saturated heterocycles. The van der Waals surface area contributed by atoms with E-state index in [4.69, 9.17) is 0 Å². The Bertz CT molecular complexity index is 1110. The van der Waals surface area contributed by atoms with Gasteiger partial charge in [-0.3, -0.25) is 0 Å². The van der Waals surface area contributed by atoms with Crippen LogP contribution in [-0.2, 0) is 0 Å². The molecule has 0 atom stereocenters. The van der Waals surface area contributed by atoms with Crippen molar-refractivity contribution in [1.82, 2.24) is 0 Å². The summed E-state index contributed by atoms with van der Waals surface area (Å²) in [5.74, 6) is 0. The van der Waals surface area contributed by atoms with E-state index in [1.807, 2.05) is 0 Å². The van der Waals surface area contributed by atoms with Crippen LogP contribution in [0.4, 0.5) is 0 Å². The van der Waals surface area contributed by atoms with Gasteiger partial charge in [-0.15, -0.1) is 0 Å². The smallest absolute Gasteiger partial charge is 0.0128 e. The Balaban J connectivity index is 2.14. The number of rotatable bonds is 1. The molecule has 114 valence electrons. The van der Waals surface area contributed by atoms with E-state index < -0.39 is 8.41 Å². The van der Waals surface area contributed by atoms with E-state index in [1.54, 1.807) is 0 Å². The van der Waals surface area contributed by atoms with Gasteiger partial charge in [-0.05, 0) is 63.0 Å². The zero-order valence-corrected chi connectivity index (χ0v) is 15.3. The van der Waals surface area contributed by atoms with Gasteiger partial charge in [0.2, 0.25) is 0 Å². The van der Waals surface area contributed by atoms with Crippen LogP contribution in [0.5, 0.6) is 0 Å². The second kappa shape index (κ2) is 5.28. The fraction of sp³-hybridized carbons (Fsp3) is 0.227. The summed E-state index contributed by atoms with van der Waals surface area (Å²) in [5, 5.41) is 4.22. The molecule has 2 aliphatic carbocycles. The SMILES string of the molecule is CC1=CC(C)=C(C2=c3ccccc3=c3ccc(=[Si](C)C)cc32)C1. The van der Waals surface area contributed by atoms with Gasteiger partial charge in [-0.2, -0.15) is 0 Å². The van der Waals surface area contributed by atoms with E-state index in [1.165, 1.54) is 48.3 Å². The van der Waals surface area contributed by atoms with Crippen molar-refractivity contribution < 1.29 is 0 Å². The summed E-state index contributed by atoms with van der Waals surface area (Å²) in [6, 6.07) is 16.1. The van der Waals surface area contributed by atoms with Gasteiger partial charge in [0, 0.05) is 8.41 Å². The average Bonchev–Trinajstić information content (AvgIpc) is 3.03. The first kappa shape index (κ1) is 14.6. The summed E-state index contributed by atoms with van der Waals surface area (Å²) in [5.41, 5.74) is 7.36. The number of hydrogen-bond acceptors (Lipinski definition) is 0. The molecule has 0 spiro atoms. The molecule has 1 heteroatoms. The molecule has 0 unspecified atom stereocenters. The van der Waals surface area contributed by atoms with Crippen LogP contribution >= 0.6 is 0 Å². The van der Waals surface area contributed by atoms with Gasteiger partial charge >= 0.3 is 0 Å². The molecule has 4 rings (SSSR count). The second-order valence-electron chi connectivity index (χ2n) is 7.01. The van der Waals surface area contributed by atoms with Gasteiger partial charge in [0.25, 0.3) is 0 Å². The Labute approximate surface area is 139 Å². The first-order valence-corrected chi connectivity index (χ1v) is 10.8. The standard InChI is InChI=1S/C22H22Si/c1-14-11-15(2)20(12-14)22-19-8-6-5-7-17(19)18-10-9-16(23(3)4)13-21(18)22/h5-11,13H,12H2,1-4H3. The highest BCUT2D eigenvalue weighted by Crippen LogP contribution is 2.36. The lowest BCUT2D eigenvalue weighted by Crippen LogP contribution is -2.06. The Hall–Kier alpha value is -1.99. The van der Waals surface area contributed by atoms with Crippen molar-refractivity contribution in [2.45, 2.75) is 33.4 Å². The number of benzene rings is 2. The van der Waals surface area contributed by atoms with Crippen molar-refractivity contribution in [3.63, 3.8) is 0 Å². The summed E-state index contributed by atoms with van der Waals surface area (Å²) in [6.45, 7) is 9.26. The maximum Gasteiger partial charge on any atom is 0.0128 e. The fourth-order valence-electron chi connectivity index (χ4n) is 3.91. The average molecular weight is 315 g/mol. The van der Waals surface area contributed by atoms with Crippen LogP contribution in [0.3, 0.4) is 0 Å². The maximum absolute atomic E-state index is 2.47. The second-order valence-corrected chi connectivity index (χ2v) is 9.59. The van der Waals surface area contributed by atoms with Crippen molar-refractivity contribution in [3.8, 4) is 0 Å².